The second-order valence-electron chi connectivity index (χ2n) is 9.69. The average molecular weight is 584 g/mol. The monoisotopic (exact) mass is 583 g/mol. The molecule has 0 aliphatic heterocycles. The molecule has 40 heavy (non-hydrogen) atoms. The lowest BCUT2D eigenvalue weighted by atomic mass is 10.1. The van der Waals surface area contributed by atoms with E-state index in [1.807, 2.05) is 51.1 Å². The molecule has 0 spiro atoms. The van der Waals surface area contributed by atoms with Crippen molar-refractivity contribution < 1.29 is 18.0 Å². The second kappa shape index (κ2) is 14.9. The highest BCUT2D eigenvalue weighted by atomic mass is 35.5. The molecule has 1 atom stereocenters. The molecule has 0 radical (unpaired) electrons. The van der Waals surface area contributed by atoms with Crippen LogP contribution < -0.4 is 9.62 Å². The third kappa shape index (κ3) is 8.32. The molecule has 0 aromatic heterocycles. The van der Waals surface area contributed by atoms with Crippen molar-refractivity contribution in [3.63, 3.8) is 0 Å². The molecular formula is C31H38ClN3O4S. The van der Waals surface area contributed by atoms with Gasteiger partial charge in [-0.05, 0) is 68.1 Å². The van der Waals surface area contributed by atoms with Gasteiger partial charge in [0.1, 0.15) is 12.6 Å². The Morgan fingerprint density at radius 3 is 2.17 bits per heavy atom. The smallest absolute Gasteiger partial charge is 0.264 e. The van der Waals surface area contributed by atoms with E-state index < -0.39 is 28.5 Å². The van der Waals surface area contributed by atoms with Crippen LogP contribution in [-0.2, 0) is 26.0 Å². The number of hydrogen-bond donors (Lipinski definition) is 1. The highest BCUT2D eigenvalue weighted by Crippen LogP contribution is 2.26. The van der Waals surface area contributed by atoms with Gasteiger partial charge >= 0.3 is 0 Å². The number of aryl methyl sites for hydroxylation is 1. The van der Waals surface area contributed by atoms with Gasteiger partial charge in [-0.1, -0.05) is 79.9 Å². The predicted octanol–water partition coefficient (Wildman–Crippen LogP) is 5.61. The summed E-state index contributed by atoms with van der Waals surface area (Å²) in [6, 6.07) is 21.8. The summed E-state index contributed by atoms with van der Waals surface area (Å²) >= 11 is 6.08. The van der Waals surface area contributed by atoms with E-state index in [1.54, 1.807) is 36.4 Å². The zero-order valence-electron chi connectivity index (χ0n) is 23.3. The number of anilines is 1. The molecular weight excluding hydrogens is 546 g/mol. The second-order valence-corrected chi connectivity index (χ2v) is 12.0. The maximum atomic E-state index is 14.0. The fourth-order valence-corrected chi connectivity index (χ4v) is 5.92. The SMILES string of the molecule is CCCCNC(=O)C(CC)N(CCc1ccccc1)C(=O)CN(c1ccc(Cl)cc1)S(=O)(=O)c1ccc(C)cc1. The number of carbonyl (C=O) groups excluding carboxylic acids is 2. The van der Waals surface area contributed by atoms with E-state index >= 15 is 0 Å². The van der Waals surface area contributed by atoms with Crippen molar-refractivity contribution >= 4 is 39.1 Å². The third-order valence-corrected chi connectivity index (χ3v) is 8.74. The molecule has 0 saturated heterocycles. The highest BCUT2D eigenvalue weighted by Gasteiger charge is 2.33. The number of hydrogen-bond acceptors (Lipinski definition) is 4. The Morgan fingerprint density at radius 2 is 1.57 bits per heavy atom. The van der Waals surface area contributed by atoms with Gasteiger partial charge in [0.05, 0.1) is 10.6 Å². The minimum absolute atomic E-state index is 0.0704. The van der Waals surface area contributed by atoms with Gasteiger partial charge in [-0.3, -0.25) is 13.9 Å². The van der Waals surface area contributed by atoms with Crippen LogP contribution in [0, 0.1) is 6.92 Å². The van der Waals surface area contributed by atoms with Crippen LogP contribution in [0.2, 0.25) is 5.02 Å². The summed E-state index contributed by atoms with van der Waals surface area (Å²) in [5.74, 6) is -0.698. The van der Waals surface area contributed by atoms with Crippen molar-refractivity contribution in [3.8, 4) is 0 Å². The molecule has 9 heteroatoms. The first-order chi connectivity index (χ1) is 19.2. The molecule has 0 bridgehead atoms. The van der Waals surface area contributed by atoms with Crippen molar-refractivity contribution in [3.05, 3.63) is 95.0 Å². The van der Waals surface area contributed by atoms with E-state index in [9.17, 15) is 18.0 Å². The quantitative estimate of drug-likeness (QED) is 0.250. The molecule has 1 N–H and O–H groups in total. The largest absolute Gasteiger partial charge is 0.354 e. The predicted molar refractivity (Wildman–Crippen MR) is 161 cm³/mol. The number of rotatable bonds is 14. The molecule has 3 aromatic carbocycles. The fourth-order valence-electron chi connectivity index (χ4n) is 4.38. The molecule has 1 unspecified atom stereocenters. The van der Waals surface area contributed by atoms with Gasteiger partial charge < -0.3 is 10.2 Å². The highest BCUT2D eigenvalue weighted by molar-refractivity contribution is 7.92. The van der Waals surface area contributed by atoms with Crippen LogP contribution in [-0.4, -0.2) is 50.8 Å². The number of benzene rings is 3. The van der Waals surface area contributed by atoms with E-state index in [-0.39, 0.29) is 17.3 Å². The van der Waals surface area contributed by atoms with Crippen LogP contribution in [0.3, 0.4) is 0 Å². The molecule has 0 aliphatic carbocycles. The van der Waals surface area contributed by atoms with Crippen LogP contribution in [0.15, 0.2) is 83.8 Å². The van der Waals surface area contributed by atoms with Gasteiger partial charge in [0.2, 0.25) is 11.8 Å². The Kier molecular flexibility index (Phi) is 11.6. The Labute approximate surface area is 243 Å². The number of carbonyl (C=O) groups is 2. The van der Waals surface area contributed by atoms with Gasteiger partial charge in [0.15, 0.2) is 0 Å². The van der Waals surface area contributed by atoms with E-state index in [2.05, 4.69) is 5.32 Å². The lowest BCUT2D eigenvalue weighted by Gasteiger charge is -2.33. The van der Waals surface area contributed by atoms with Crippen molar-refractivity contribution in [1.82, 2.24) is 10.2 Å². The minimum Gasteiger partial charge on any atom is -0.354 e. The van der Waals surface area contributed by atoms with Crippen LogP contribution in [0.4, 0.5) is 5.69 Å². The maximum absolute atomic E-state index is 14.0. The lowest BCUT2D eigenvalue weighted by Crippen LogP contribution is -2.53. The summed E-state index contributed by atoms with van der Waals surface area (Å²) < 4.78 is 28.8. The number of nitrogens with zero attached hydrogens (tertiary/aromatic N) is 2. The molecule has 0 aliphatic rings. The maximum Gasteiger partial charge on any atom is 0.264 e. The van der Waals surface area contributed by atoms with Gasteiger partial charge in [-0.2, -0.15) is 0 Å². The first kappa shape index (κ1) is 31.2. The van der Waals surface area contributed by atoms with Crippen molar-refractivity contribution in [2.45, 2.75) is 57.4 Å². The molecule has 0 fully saturated rings. The molecule has 0 saturated carbocycles. The Bertz CT molecular complexity index is 1350. The first-order valence-corrected chi connectivity index (χ1v) is 15.4. The number of sulfonamides is 1. The standard InChI is InChI=1S/C31H38ClN3O4S/c1-4-6-21-33-31(37)29(5-2)34(22-20-25-10-8-7-9-11-25)30(36)23-35(27-16-14-26(32)15-17-27)40(38,39)28-18-12-24(3)13-19-28/h7-19,29H,4-6,20-23H2,1-3H3,(H,33,37). The molecule has 3 rings (SSSR count). The Balaban J connectivity index is 1.97. The van der Waals surface area contributed by atoms with Crippen LogP contribution in [0.5, 0.6) is 0 Å². The summed E-state index contributed by atoms with van der Waals surface area (Å²) in [4.78, 5) is 28.8. The van der Waals surface area contributed by atoms with Gasteiger partial charge in [0, 0.05) is 18.1 Å². The van der Waals surface area contributed by atoms with Crippen LogP contribution in [0.25, 0.3) is 0 Å². The molecule has 214 valence electrons. The molecule has 0 heterocycles. The summed E-state index contributed by atoms with van der Waals surface area (Å²) in [7, 11) is -4.11. The number of amides is 2. The number of nitrogens with one attached hydrogen (secondary N) is 1. The van der Waals surface area contributed by atoms with Gasteiger partial charge in [-0.25, -0.2) is 8.42 Å². The van der Waals surface area contributed by atoms with E-state index in [4.69, 9.17) is 11.6 Å². The van der Waals surface area contributed by atoms with E-state index in [0.717, 1.165) is 28.3 Å². The van der Waals surface area contributed by atoms with Gasteiger partial charge in [-0.15, -0.1) is 0 Å². The Morgan fingerprint density at radius 1 is 0.925 bits per heavy atom. The first-order valence-electron chi connectivity index (χ1n) is 13.6. The topological polar surface area (TPSA) is 86.8 Å². The molecule has 7 nitrogen and oxygen atoms in total. The van der Waals surface area contributed by atoms with Crippen molar-refractivity contribution in [2.75, 3.05) is 23.9 Å². The molecule has 3 aromatic rings. The van der Waals surface area contributed by atoms with Crippen LogP contribution in [0.1, 0.15) is 44.2 Å². The molecule has 2 amide bonds. The summed E-state index contributed by atoms with van der Waals surface area (Å²) in [6.07, 6.45) is 2.68. The zero-order valence-corrected chi connectivity index (χ0v) is 24.9. The number of halogens is 1. The fraction of sp³-hybridized carbons (Fsp3) is 0.355. The van der Waals surface area contributed by atoms with Crippen molar-refractivity contribution in [2.24, 2.45) is 0 Å². The third-order valence-electron chi connectivity index (χ3n) is 6.70. The normalized spacial score (nSPS) is 12.0. The minimum atomic E-state index is -4.11. The van der Waals surface area contributed by atoms with E-state index in [0.29, 0.717) is 30.1 Å². The summed E-state index contributed by atoms with van der Waals surface area (Å²) in [6.45, 7) is 6.09. The summed E-state index contributed by atoms with van der Waals surface area (Å²) in [5.41, 5.74) is 2.24. The van der Waals surface area contributed by atoms with Gasteiger partial charge in [0.25, 0.3) is 10.0 Å². The zero-order chi connectivity index (χ0) is 29.1. The van der Waals surface area contributed by atoms with Crippen molar-refractivity contribution in [1.29, 1.82) is 0 Å². The Hall–Kier alpha value is -3.36. The van der Waals surface area contributed by atoms with E-state index in [1.165, 1.54) is 17.0 Å². The lowest BCUT2D eigenvalue weighted by molar-refractivity contribution is -0.139. The summed E-state index contributed by atoms with van der Waals surface area (Å²) in [5, 5.41) is 3.39. The number of unbranched alkanes of at least 4 members (excludes halogenated alkanes) is 1. The van der Waals surface area contributed by atoms with Crippen LogP contribution >= 0.6 is 11.6 Å². The average Bonchev–Trinajstić information content (AvgIpc) is 2.95.